The van der Waals surface area contributed by atoms with Crippen molar-refractivity contribution in [3.05, 3.63) is 140 Å². The number of carbonyl (C=O) groups is 1. The smallest absolute Gasteiger partial charge is 0.338 e. The van der Waals surface area contributed by atoms with Gasteiger partial charge in [0.15, 0.2) is 5.82 Å². The molecule has 4 rings (SSSR count). The van der Waals surface area contributed by atoms with E-state index in [0.717, 1.165) is 17.9 Å². The highest BCUT2D eigenvalue weighted by Crippen LogP contribution is 2.24. The molecule has 1 aromatic heterocycles. The Bertz CT molecular complexity index is 1380. The first-order valence-corrected chi connectivity index (χ1v) is 14.1. The van der Waals surface area contributed by atoms with Crippen LogP contribution in [0.5, 0.6) is 0 Å². The van der Waals surface area contributed by atoms with Gasteiger partial charge >= 0.3 is 5.97 Å². The third-order valence-corrected chi connectivity index (χ3v) is 5.67. The minimum atomic E-state index is -0.386. The molecular formula is C36H44FN3O2. The summed E-state index contributed by atoms with van der Waals surface area (Å²) in [5.74, 6) is 1.17. The lowest BCUT2D eigenvalue weighted by Gasteiger charge is -2.11. The highest BCUT2D eigenvalue weighted by molar-refractivity contribution is 5.90. The zero-order valence-corrected chi connectivity index (χ0v) is 25.6. The maximum absolute atomic E-state index is 13.6. The molecule has 0 aliphatic heterocycles. The molecule has 0 saturated heterocycles. The van der Waals surface area contributed by atoms with Gasteiger partial charge in [-0.3, -0.25) is 4.57 Å². The molecular weight excluding hydrogens is 525 g/mol. The van der Waals surface area contributed by atoms with Crippen LogP contribution in [0.15, 0.2) is 117 Å². The maximum atomic E-state index is 13.6. The Morgan fingerprint density at radius 1 is 0.976 bits per heavy atom. The maximum Gasteiger partial charge on any atom is 0.338 e. The summed E-state index contributed by atoms with van der Waals surface area (Å²) >= 11 is 0. The second-order valence-corrected chi connectivity index (χ2v) is 9.01. The average Bonchev–Trinajstić information content (AvgIpc) is 3.44. The van der Waals surface area contributed by atoms with Gasteiger partial charge < -0.3 is 4.74 Å². The van der Waals surface area contributed by atoms with Crippen molar-refractivity contribution in [2.24, 2.45) is 5.92 Å². The topological polar surface area (TPSA) is 57.0 Å². The molecule has 1 unspecified atom stereocenters. The number of allylic oxidation sites excluding steroid dienone is 3. The van der Waals surface area contributed by atoms with Gasteiger partial charge in [0.25, 0.3) is 0 Å². The summed E-state index contributed by atoms with van der Waals surface area (Å²) in [6.45, 7) is 19.6. The molecule has 1 atom stereocenters. The van der Waals surface area contributed by atoms with E-state index in [2.05, 4.69) is 86.3 Å². The zero-order valence-electron chi connectivity index (χ0n) is 25.6. The Labute approximate surface area is 251 Å². The van der Waals surface area contributed by atoms with E-state index in [0.29, 0.717) is 35.9 Å². The van der Waals surface area contributed by atoms with E-state index in [1.807, 2.05) is 24.5 Å². The molecule has 0 N–H and O–H groups in total. The fourth-order valence-electron chi connectivity index (χ4n) is 4.00. The van der Waals surface area contributed by atoms with Gasteiger partial charge in [-0.15, -0.1) is 29.9 Å². The summed E-state index contributed by atoms with van der Waals surface area (Å²) in [6.07, 6.45) is 7.90. The number of aryl methyl sites for hydroxylation is 1. The molecule has 0 spiro atoms. The van der Waals surface area contributed by atoms with Crippen LogP contribution in [0.3, 0.4) is 0 Å². The number of hydrogen-bond acceptors (Lipinski definition) is 4. The van der Waals surface area contributed by atoms with Gasteiger partial charge in [-0.1, -0.05) is 80.6 Å². The quantitative estimate of drug-likeness (QED) is 0.157. The van der Waals surface area contributed by atoms with Crippen molar-refractivity contribution in [2.75, 3.05) is 6.61 Å². The molecule has 0 saturated carbocycles. The fraction of sp³-hybridized carbons (Fsp3) is 0.250. The summed E-state index contributed by atoms with van der Waals surface area (Å²) in [7, 11) is 0. The number of halogens is 1. The van der Waals surface area contributed by atoms with Crippen LogP contribution in [-0.2, 0) is 17.6 Å². The van der Waals surface area contributed by atoms with Gasteiger partial charge in [-0.05, 0) is 69.0 Å². The molecule has 0 fully saturated rings. The van der Waals surface area contributed by atoms with Gasteiger partial charge in [-0.2, -0.15) is 0 Å². The van der Waals surface area contributed by atoms with Crippen molar-refractivity contribution in [3.8, 4) is 17.1 Å². The molecule has 0 aliphatic rings. The normalized spacial score (nSPS) is 10.6. The molecule has 0 bridgehead atoms. The summed E-state index contributed by atoms with van der Waals surface area (Å²) in [6, 6.07) is 23.9. The van der Waals surface area contributed by atoms with Crippen molar-refractivity contribution in [1.82, 2.24) is 14.8 Å². The predicted molar refractivity (Wildman–Crippen MR) is 173 cm³/mol. The summed E-state index contributed by atoms with van der Waals surface area (Å²) in [5, 5.41) is 8.42. The van der Waals surface area contributed by atoms with Crippen LogP contribution in [0, 0.1) is 11.7 Å². The molecule has 0 radical (unpaired) electrons. The first-order chi connectivity index (χ1) is 20.4. The van der Waals surface area contributed by atoms with Gasteiger partial charge in [0, 0.05) is 17.7 Å². The standard InChI is InChI=1S/C19H18FN3O2.C12H16.C3H6.C2H4/c1-3-17-21-22-18(13-7-5-9-15(20)11-13)23(17)16-10-6-8-14(12-16)19(24)25-4-2;1-3-7-11(2)10-12-8-5-4-6-9-12;1-3-2;1-2/h5-12H,3-4H2,1-2H3;3-9,11H,10H2,1-2H3;3H,1H2,2H3;1-2H2/b;7-3-;;. The lowest BCUT2D eigenvalue weighted by Crippen LogP contribution is -2.07. The molecule has 5 nitrogen and oxygen atoms in total. The first kappa shape index (κ1) is 35.4. The van der Waals surface area contributed by atoms with Crippen LogP contribution in [0.1, 0.15) is 56.4 Å². The van der Waals surface area contributed by atoms with E-state index < -0.39 is 0 Å². The minimum Gasteiger partial charge on any atom is -0.462 e. The van der Waals surface area contributed by atoms with Gasteiger partial charge in [0.1, 0.15) is 11.6 Å². The Kier molecular flexibility index (Phi) is 17.1. The molecule has 3 aromatic carbocycles. The number of carbonyl (C=O) groups excluding carboxylic acids is 1. The van der Waals surface area contributed by atoms with Crippen molar-refractivity contribution < 1.29 is 13.9 Å². The van der Waals surface area contributed by atoms with Crippen LogP contribution in [0.4, 0.5) is 4.39 Å². The predicted octanol–water partition coefficient (Wildman–Crippen LogP) is 9.25. The van der Waals surface area contributed by atoms with Gasteiger partial charge in [0.2, 0.25) is 0 Å². The Morgan fingerprint density at radius 3 is 2.24 bits per heavy atom. The number of aromatic nitrogens is 3. The van der Waals surface area contributed by atoms with E-state index in [4.69, 9.17) is 4.74 Å². The average molecular weight is 570 g/mol. The molecule has 0 aliphatic carbocycles. The largest absolute Gasteiger partial charge is 0.462 e. The SMILES string of the molecule is C/C=C\C(C)Cc1ccccc1.C=C.C=CC.CCOC(=O)c1cccc(-n2c(CC)nnc2-c2cccc(F)c2)c1. The number of hydrogen-bond donors (Lipinski definition) is 0. The molecule has 42 heavy (non-hydrogen) atoms. The molecule has 222 valence electrons. The number of esters is 1. The third kappa shape index (κ3) is 11.5. The van der Waals surface area contributed by atoms with Crippen LogP contribution in [-0.4, -0.2) is 27.3 Å². The van der Waals surface area contributed by atoms with Crippen LogP contribution < -0.4 is 0 Å². The summed E-state index contributed by atoms with van der Waals surface area (Å²) in [5.41, 5.74) is 3.21. The van der Waals surface area contributed by atoms with Crippen LogP contribution in [0.2, 0.25) is 0 Å². The number of ether oxygens (including phenoxy) is 1. The molecule has 0 amide bonds. The summed E-state index contributed by atoms with van der Waals surface area (Å²) in [4.78, 5) is 12.0. The zero-order chi connectivity index (χ0) is 31.3. The molecule has 4 aromatic rings. The van der Waals surface area contributed by atoms with Crippen LogP contribution >= 0.6 is 0 Å². The Hall–Kier alpha value is -4.58. The minimum absolute atomic E-state index is 0.310. The number of rotatable bonds is 8. The number of benzene rings is 3. The second kappa shape index (κ2) is 20.3. The molecule has 1 heterocycles. The van der Waals surface area contributed by atoms with E-state index in [1.54, 1.807) is 43.3 Å². The monoisotopic (exact) mass is 569 g/mol. The van der Waals surface area contributed by atoms with Crippen molar-refractivity contribution in [2.45, 2.75) is 47.5 Å². The van der Waals surface area contributed by atoms with Gasteiger partial charge in [-0.25, -0.2) is 9.18 Å². The van der Waals surface area contributed by atoms with E-state index in [1.165, 1.54) is 17.7 Å². The molecule has 6 heteroatoms. The number of nitrogens with zero attached hydrogens (tertiary/aromatic N) is 3. The van der Waals surface area contributed by atoms with Gasteiger partial charge in [0.05, 0.1) is 12.2 Å². The Balaban J connectivity index is 0.000000434. The first-order valence-electron chi connectivity index (χ1n) is 14.1. The van der Waals surface area contributed by atoms with E-state index in [-0.39, 0.29) is 11.8 Å². The third-order valence-electron chi connectivity index (χ3n) is 5.67. The summed E-state index contributed by atoms with van der Waals surface area (Å²) < 4.78 is 20.5. The van der Waals surface area contributed by atoms with Crippen molar-refractivity contribution >= 4 is 5.97 Å². The lowest BCUT2D eigenvalue weighted by atomic mass is 10.0. The Morgan fingerprint density at radius 2 is 1.64 bits per heavy atom. The van der Waals surface area contributed by atoms with Crippen molar-refractivity contribution in [3.63, 3.8) is 0 Å². The second-order valence-electron chi connectivity index (χ2n) is 9.01. The van der Waals surface area contributed by atoms with Crippen LogP contribution in [0.25, 0.3) is 17.1 Å². The van der Waals surface area contributed by atoms with E-state index in [9.17, 15) is 9.18 Å². The lowest BCUT2D eigenvalue weighted by molar-refractivity contribution is 0.0526. The van der Waals surface area contributed by atoms with Crippen molar-refractivity contribution in [1.29, 1.82) is 0 Å². The highest BCUT2D eigenvalue weighted by Gasteiger charge is 2.16. The van der Waals surface area contributed by atoms with E-state index >= 15 is 0 Å². The fourth-order valence-corrected chi connectivity index (χ4v) is 4.00. The highest BCUT2D eigenvalue weighted by atomic mass is 19.1.